The Balaban J connectivity index is 1.65. The number of hydrogen-bond acceptors (Lipinski definition) is 6. The molecule has 6 nitrogen and oxygen atoms in total. The van der Waals surface area contributed by atoms with Crippen molar-refractivity contribution >= 4 is 28.4 Å². The topological polar surface area (TPSA) is 72.0 Å². The van der Waals surface area contributed by atoms with Crippen molar-refractivity contribution in [1.82, 2.24) is 5.43 Å². The van der Waals surface area contributed by atoms with Gasteiger partial charge in [0.2, 0.25) is 4.87 Å². The largest absolute Gasteiger partial charge is 0.501 e. The van der Waals surface area contributed by atoms with Crippen molar-refractivity contribution in [2.75, 3.05) is 19.5 Å². The van der Waals surface area contributed by atoms with Gasteiger partial charge in [0.25, 0.3) is 5.91 Å². The van der Waals surface area contributed by atoms with E-state index < -0.39 is 4.87 Å². The number of allylic oxidation sites excluding steroid dienone is 3. The maximum atomic E-state index is 12.6. The van der Waals surface area contributed by atoms with Crippen LogP contribution in [0.3, 0.4) is 0 Å². The molecule has 3 aliphatic rings. The second-order valence-electron chi connectivity index (χ2n) is 5.71. The van der Waals surface area contributed by atoms with Crippen molar-refractivity contribution in [2.45, 2.75) is 17.7 Å². The van der Waals surface area contributed by atoms with Crippen LogP contribution in [0.5, 0.6) is 5.75 Å². The summed E-state index contributed by atoms with van der Waals surface area (Å²) in [5.74, 6) is 1.56. The minimum absolute atomic E-state index is 0.112. The molecule has 4 rings (SSSR count). The van der Waals surface area contributed by atoms with E-state index in [1.54, 1.807) is 14.2 Å². The van der Waals surface area contributed by atoms with Crippen molar-refractivity contribution in [3.63, 3.8) is 0 Å². The number of thioether (sulfide) groups is 1. The number of carbonyl (C=O) groups excluding carboxylic acids is 1. The highest BCUT2D eigenvalue weighted by Crippen LogP contribution is 2.49. The molecule has 0 radical (unpaired) electrons. The molecular weight excluding hydrogens is 326 g/mol. The van der Waals surface area contributed by atoms with Gasteiger partial charge in [0.15, 0.2) is 0 Å². The number of nitrogens with one attached hydrogen (secondary N) is 2. The summed E-state index contributed by atoms with van der Waals surface area (Å²) in [7, 11) is 3.29. The SMILES string of the molecule is COC1=CC=C(C2=NNC3(S2)C(=O)Nc2ccc(OC)cc23)CC1. The van der Waals surface area contributed by atoms with Crippen LogP contribution in [-0.2, 0) is 14.4 Å². The van der Waals surface area contributed by atoms with Crippen LogP contribution in [0, 0.1) is 0 Å². The number of hydrazone groups is 1. The second-order valence-corrected chi connectivity index (χ2v) is 6.91. The van der Waals surface area contributed by atoms with Gasteiger partial charge in [0.1, 0.15) is 10.8 Å². The summed E-state index contributed by atoms with van der Waals surface area (Å²) in [6.45, 7) is 0. The third kappa shape index (κ3) is 2.19. The quantitative estimate of drug-likeness (QED) is 0.883. The van der Waals surface area contributed by atoms with Crippen molar-refractivity contribution < 1.29 is 14.3 Å². The number of benzene rings is 1. The Hall–Kier alpha value is -2.41. The standard InChI is InChI=1S/C17H17N3O3S/c1-22-11-5-3-10(4-6-11)15-19-20-17(24-15)13-9-12(23-2)7-8-14(13)18-16(17)21/h3,5,7-9,20H,4,6H2,1-2H3,(H,18,21). The molecule has 0 bridgehead atoms. The summed E-state index contributed by atoms with van der Waals surface area (Å²) in [5, 5.41) is 8.20. The van der Waals surface area contributed by atoms with Gasteiger partial charge >= 0.3 is 0 Å². The zero-order valence-corrected chi connectivity index (χ0v) is 14.2. The van der Waals surface area contributed by atoms with E-state index in [4.69, 9.17) is 9.47 Å². The van der Waals surface area contributed by atoms with Gasteiger partial charge in [0.05, 0.1) is 20.0 Å². The minimum atomic E-state index is -0.925. The Kier molecular flexibility index (Phi) is 3.53. The Bertz CT molecular complexity index is 815. The summed E-state index contributed by atoms with van der Waals surface area (Å²) < 4.78 is 10.6. The molecule has 2 aliphatic heterocycles. The lowest BCUT2D eigenvalue weighted by molar-refractivity contribution is -0.118. The number of rotatable bonds is 3. The molecular formula is C17H17N3O3S. The first-order chi connectivity index (χ1) is 11.7. The van der Waals surface area contributed by atoms with Crippen molar-refractivity contribution in [3.05, 3.63) is 47.2 Å². The number of anilines is 1. The number of ether oxygens (including phenoxy) is 2. The summed E-state index contributed by atoms with van der Waals surface area (Å²) in [6, 6.07) is 5.57. The zero-order valence-electron chi connectivity index (χ0n) is 13.4. The molecule has 2 N–H and O–H groups in total. The van der Waals surface area contributed by atoms with E-state index in [1.807, 2.05) is 30.4 Å². The molecule has 7 heteroatoms. The van der Waals surface area contributed by atoms with Gasteiger partial charge in [-0.25, -0.2) is 0 Å². The van der Waals surface area contributed by atoms with Crippen LogP contribution in [0.25, 0.3) is 0 Å². The van der Waals surface area contributed by atoms with Crippen LogP contribution in [0.1, 0.15) is 18.4 Å². The maximum Gasteiger partial charge on any atom is 0.267 e. The van der Waals surface area contributed by atoms with E-state index in [0.29, 0.717) is 5.75 Å². The lowest BCUT2D eigenvalue weighted by atomic mass is 10.0. The third-order valence-electron chi connectivity index (χ3n) is 4.39. The highest BCUT2D eigenvalue weighted by molar-refractivity contribution is 8.16. The maximum absolute atomic E-state index is 12.6. The highest BCUT2D eigenvalue weighted by Gasteiger charge is 2.52. The van der Waals surface area contributed by atoms with Crippen LogP contribution < -0.4 is 15.5 Å². The third-order valence-corrected chi connectivity index (χ3v) is 5.74. The molecule has 2 heterocycles. The predicted molar refractivity (Wildman–Crippen MR) is 93.9 cm³/mol. The number of hydrogen-bond donors (Lipinski definition) is 2. The molecule has 0 fully saturated rings. The molecule has 0 saturated carbocycles. The van der Waals surface area contributed by atoms with Crippen LogP contribution in [-0.4, -0.2) is 25.2 Å². The molecule has 1 atom stereocenters. The molecule has 24 heavy (non-hydrogen) atoms. The summed E-state index contributed by atoms with van der Waals surface area (Å²) in [4.78, 5) is 11.7. The number of fused-ring (bicyclic) bond motifs is 2. The molecule has 1 amide bonds. The van der Waals surface area contributed by atoms with Gasteiger partial charge in [-0.15, -0.1) is 0 Å². The van der Waals surface area contributed by atoms with E-state index >= 15 is 0 Å². The number of carbonyl (C=O) groups is 1. The summed E-state index contributed by atoms with van der Waals surface area (Å²) in [5.41, 5.74) is 5.79. The Morgan fingerprint density at radius 1 is 1.21 bits per heavy atom. The molecule has 1 aliphatic carbocycles. The first-order valence-electron chi connectivity index (χ1n) is 7.64. The Morgan fingerprint density at radius 3 is 2.79 bits per heavy atom. The van der Waals surface area contributed by atoms with Crippen molar-refractivity contribution in [3.8, 4) is 5.75 Å². The van der Waals surface area contributed by atoms with Gasteiger partial charge in [-0.2, -0.15) is 5.10 Å². The fourth-order valence-electron chi connectivity index (χ4n) is 3.02. The lowest BCUT2D eigenvalue weighted by Crippen LogP contribution is -2.39. The van der Waals surface area contributed by atoms with E-state index in [2.05, 4.69) is 15.8 Å². The van der Waals surface area contributed by atoms with E-state index in [0.717, 1.165) is 40.5 Å². The molecule has 1 spiro atoms. The first kappa shape index (κ1) is 15.1. The average Bonchev–Trinajstić information content (AvgIpc) is 3.18. The zero-order chi connectivity index (χ0) is 16.7. The normalized spacial score (nSPS) is 24.6. The van der Waals surface area contributed by atoms with E-state index in [-0.39, 0.29) is 5.91 Å². The molecule has 1 unspecified atom stereocenters. The van der Waals surface area contributed by atoms with E-state index in [1.165, 1.54) is 11.8 Å². The van der Waals surface area contributed by atoms with Crippen molar-refractivity contribution in [1.29, 1.82) is 0 Å². The number of methoxy groups -OCH3 is 2. The van der Waals surface area contributed by atoms with Crippen LogP contribution in [0.2, 0.25) is 0 Å². The smallest absolute Gasteiger partial charge is 0.267 e. The average molecular weight is 343 g/mol. The second kappa shape index (κ2) is 5.59. The fourth-order valence-corrected chi connectivity index (χ4v) is 4.22. The van der Waals surface area contributed by atoms with Gasteiger partial charge in [-0.1, -0.05) is 17.8 Å². The van der Waals surface area contributed by atoms with Gasteiger partial charge < -0.3 is 14.8 Å². The van der Waals surface area contributed by atoms with Crippen molar-refractivity contribution in [2.24, 2.45) is 5.10 Å². The van der Waals surface area contributed by atoms with Gasteiger partial charge in [-0.05, 0) is 36.3 Å². The molecule has 1 aromatic rings. The predicted octanol–water partition coefficient (Wildman–Crippen LogP) is 2.70. The molecule has 124 valence electrons. The lowest BCUT2D eigenvalue weighted by Gasteiger charge is -2.20. The van der Waals surface area contributed by atoms with E-state index in [9.17, 15) is 4.79 Å². The van der Waals surface area contributed by atoms with Gasteiger partial charge in [0, 0.05) is 17.7 Å². The molecule has 1 aromatic carbocycles. The summed E-state index contributed by atoms with van der Waals surface area (Å²) >= 11 is 1.44. The Morgan fingerprint density at radius 2 is 2.08 bits per heavy atom. The molecule has 0 aromatic heterocycles. The highest BCUT2D eigenvalue weighted by atomic mass is 32.2. The summed E-state index contributed by atoms with van der Waals surface area (Å²) in [6.07, 6.45) is 5.65. The van der Waals surface area contributed by atoms with Crippen LogP contribution in [0.15, 0.2) is 46.8 Å². The number of amides is 1. The van der Waals surface area contributed by atoms with Crippen LogP contribution >= 0.6 is 11.8 Å². The monoisotopic (exact) mass is 343 g/mol. The minimum Gasteiger partial charge on any atom is -0.501 e. The van der Waals surface area contributed by atoms with Crippen LogP contribution in [0.4, 0.5) is 5.69 Å². The fraction of sp³-hybridized carbons (Fsp3) is 0.294. The Labute approximate surface area is 144 Å². The first-order valence-corrected chi connectivity index (χ1v) is 8.46. The number of nitrogens with zero attached hydrogens (tertiary/aromatic N) is 1. The van der Waals surface area contributed by atoms with Gasteiger partial charge in [-0.3, -0.25) is 10.2 Å². The molecule has 0 saturated heterocycles.